The van der Waals surface area contributed by atoms with Gasteiger partial charge in [-0.15, -0.1) is 0 Å². The predicted molar refractivity (Wildman–Crippen MR) is 105 cm³/mol. The summed E-state index contributed by atoms with van der Waals surface area (Å²) in [7, 11) is 4.18. The molecule has 1 unspecified atom stereocenters. The molecule has 144 valence electrons. The van der Waals surface area contributed by atoms with Crippen molar-refractivity contribution in [2.75, 3.05) is 20.6 Å². The maximum Gasteiger partial charge on any atom is 0.328 e. The SMILES string of the molecule is CN(C)CCC(c1ccccc1)c1cc(Cl)ccn1.O=C(O)/C=C\C(=O)O. The van der Waals surface area contributed by atoms with E-state index >= 15 is 0 Å². The summed E-state index contributed by atoms with van der Waals surface area (Å²) in [5.74, 6) is -2.22. The molecule has 1 atom stereocenters. The number of aromatic nitrogens is 1. The van der Waals surface area contributed by atoms with Crippen LogP contribution in [0.2, 0.25) is 5.02 Å². The lowest BCUT2D eigenvalue weighted by atomic mass is 9.92. The fourth-order valence-corrected chi connectivity index (χ4v) is 2.48. The second-order valence-electron chi connectivity index (χ2n) is 5.96. The lowest BCUT2D eigenvalue weighted by Crippen LogP contribution is -2.17. The van der Waals surface area contributed by atoms with Gasteiger partial charge in [0.15, 0.2) is 0 Å². The maximum absolute atomic E-state index is 9.55. The molecule has 0 aliphatic rings. The van der Waals surface area contributed by atoms with Crippen molar-refractivity contribution in [2.45, 2.75) is 12.3 Å². The number of benzene rings is 1. The minimum atomic E-state index is -1.26. The number of pyridine rings is 1. The second-order valence-corrected chi connectivity index (χ2v) is 6.40. The standard InChI is InChI=1S/C16H19ClN2.C4H4O4/c1-19(2)11-9-15(13-6-4-3-5-7-13)16-12-14(17)8-10-18-16;5-3(6)1-2-4(7)8/h3-8,10,12,15H,9,11H2,1-2H3;1-2H,(H,5,6)(H,7,8)/b;2-1-. The Labute approximate surface area is 163 Å². The quantitative estimate of drug-likeness (QED) is 0.703. The van der Waals surface area contributed by atoms with Crippen molar-refractivity contribution >= 4 is 23.5 Å². The Morgan fingerprint density at radius 3 is 2.19 bits per heavy atom. The third-order valence-corrected chi connectivity index (χ3v) is 3.77. The first-order valence-electron chi connectivity index (χ1n) is 8.24. The van der Waals surface area contributed by atoms with Crippen LogP contribution >= 0.6 is 11.6 Å². The van der Waals surface area contributed by atoms with E-state index in [0.717, 1.165) is 23.7 Å². The van der Waals surface area contributed by atoms with Crippen LogP contribution in [0, 0.1) is 0 Å². The second kappa shape index (κ2) is 11.8. The van der Waals surface area contributed by atoms with Crippen molar-refractivity contribution in [3.63, 3.8) is 0 Å². The van der Waals surface area contributed by atoms with Gasteiger partial charge < -0.3 is 15.1 Å². The highest BCUT2D eigenvalue weighted by atomic mass is 35.5. The van der Waals surface area contributed by atoms with Gasteiger partial charge in [-0.05, 0) is 44.8 Å². The minimum absolute atomic E-state index is 0.294. The van der Waals surface area contributed by atoms with Gasteiger partial charge in [-0.25, -0.2) is 9.59 Å². The molecule has 7 heteroatoms. The van der Waals surface area contributed by atoms with Crippen molar-refractivity contribution in [2.24, 2.45) is 0 Å². The first-order valence-corrected chi connectivity index (χ1v) is 8.62. The zero-order chi connectivity index (χ0) is 20.2. The molecule has 2 N–H and O–H groups in total. The highest BCUT2D eigenvalue weighted by molar-refractivity contribution is 6.30. The Bertz CT molecular complexity index is 748. The van der Waals surface area contributed by atoms with Gasteiger partial charge in [0.05, 0.1) is 0 Å². The zero-order valence-electron chi connectivity index (χ0n) is 15.2. The summed E-state index contributed by atoms with van der Waals surface area (Å²) in [6.07, 6.45) is 3.93. The Kier molecular flexibility index (Phi) is 9.79. The molecule has 2 aromatic rings. The number of halogens is 1. The van der Waals surface area contributed by atoms with Gasteiger partial charge in [0, 0.05) is 35.0 Å². The summed E-state index contributed by atoms with van der Waals surface area (Å²) < 4.78 is 0. The lowest BCUT2D eigenvalue weighted by molar-refractivity contribution is -0.134. The lowest BCUT2D eigenvalue weighted by Gasteiger charge is -2.19. The van der Waals surface area contributed by atoms with Crippen LogP contribution in [0.1, 0.15) is 23.6 Å². The molecule has 2 rings (SSSR count). The number of hydrogen-bond acceptors (Lipinski definition) is 4. The fourth-order valence-electron chi connectivity index (χ4n) is 2.31. The summed E-state index contributed by atoms with van der Waals surface area (Å²) >= 11 is 6.09. The topological polar surface area (TPSA) is 90.7 Å². The zero-order valence-corrected chi connectivity index (χ0v) is 16.0. The smallest absolute Gasteiger partial charge is 0.328 e. The summed E-state index contributed by atoms with van der Waals surface area (Å²) in [5.41, 5.74) is 2.33. The molecule has 1 heterocycles. The van der Waals surface area contributed by atoms with E-state index in [0.29, 0.717) is 18.1 Å². The van der Waals surface area contributed by atoms with Crippen LogP contribution in [0.3, 0.4) is 0 Å². The van der Waals surface area contributed by atoms with Crippen molar-refractivity contribution in [1.29, 1.82) is 0 Å². The summed E-state index contributed by atoms with van der Waals surface area (Å²) in [5, 5.41) is 16.4. The van der Waals surface area contributed by atoms with Crippen molar-refractivity contribution in [3.8, 4) is 0 Å². The fraction of sp³-hybridized carbons (Fsp3) is 0.250. The first-order chi connectivity index (χ1) is 12.8. The first kappa shape index (κ1) is 22.3. The molecule has 0 aliphatic carbocycles. The third-order valence-electron chi connectivity index (χ3n) is 3.54. The van der Waals surface area contributed by atoms with E-state index < -0.39 is 11.9 Å². The number of nitrogens with zero attached hydrogens (tertiary/aromatic N) is 2. The normalized spacial score (nSPS) is 11.7. The van der Waals surface area contributed by atoms with E-state index in [1.54, 1.807) is 6.20 Å². The number of carboxylic acids is 2. The highest BCUT2D eigenvalue weighted by Crippen LogP contribution is 2.27. The number of rotatable bonds is 7. The molecule has 1 aromatic heterocycles. The van der Waals surface area contributed by atoms with Crippen LogP contribution in [0.25, 0.3) is 0 Å². The van der Waals surface area contributed by atoms with E-state index in [1.165, 1.54) is 5.56 Å². The summed E-state index contributed by atoms with van der Waals surface area (Å²) in [4.78, 5) is 25.8. The van der Waals surface area contributed by atoms with Gasteiger partial charge >= 0.3 is 11.9 Å². The molecule has 0 saturated heterocycles. The molecule has 0 bridgehead atoms. The molecule has 27 heavy (non-hydrogen) atoms. The Morgan fingerprint density at radius 1 is 1.11 bits per heavy atom. The minimum Gasteiger partial charge on any atom is -0.478 e. The van der Waals surface area contributed by atoms with Crippen LogP contribution in [0.5, 0.6) is 0 Å². The van der Waals surface area contributed by atoms with Gasteiger partial charge in [0.2, 0.25) is 0 Å². The third kappa shape index (κ3) is 9.53. The molecule has 0 fully saturated rings. The van der Waals surface area contributed by atoms with Crippen LogP contribution in [-0.4, -0.2) is 52.7 Å². The molecule has 0 amide bonds. The van der Waals surface area contributed by atoms with Crippen molar-refractivity contribution in [3.05, 3.63) is 77.1 Å². The monoisotopic (exact) mass is 390 g/mol. The van der Waals surface area contributed by atoms with Crippen LogP contribution in [0.4, 0.5) is 0 Å². The van der Waals surface area contributed by atoms with E-state index in [2.05, 4.69) is 48.2 Å². The number of aliphatic carboxylic acids is 2. The Balaban J connectivity index is 0.000000387. The molecule has 0 spiro atoms. The van der Waals surface area contributed by atoms with Gasteiger partial charge in [0.25, 0.3) is 0 Å². The molecule has 0 aliphatic heterocycles. The molecular formula is C20H23ClN2O4. The largest absolute Gasteiger partial charge is 0.478 e. The molecule has 6 nitrogen and oxygen atoms in total. The van der Waals surface area contributed by atoms with Gasteiger partial charge in [-0.1, -0.05) is 41.9 Å². The van der Waals surface area contributed by atoms with Crippen LogP contribution in [0.15, 0.2) is 60.8 Å². The van der Waals surface area contributed by atoms with Gasteiger partial charge in [0.1, 0.15) is 0 Å². The van der Waals surface area contributed by atoms with E-state index in [1.807, 2.05) is 18.2 Å². The highest BCUT2D eigenvalue weighted by Gasteiger charge is 2.15. The Hall–Kier alpha value is -2.70. The van der Waals surface area contributed by atoms with Crippen LogP contribution < -0.4 is 0 Å². The van der Waals surface area contributed by atoms with Gasteiger partial charge in [-0.3, -0.25) is 4.98 Å². The number of hydrogen-bond donors (Lipinski definition) is 2. The molecule has 0 radical (unpaired) electrons. The van der Waals surface area contributed by atoms with Crippen molar-refractivity contribution in [1.82, 2.24) is 9.88 Å². The van der Waals surface area contributed by atoms with E-state index in [9.17, 15) is 9.59 Å². The van der Waals surface area contributed by atoms with E-state index in [4.69, 9.17) is 21.8 Å². The predicted octanol–water partition coefficient (Wildman–Crippen LogP) is 3.53. The Morgan fingerprint density at radius 2 is 1.70 bits per heavy atom. The summed E-state index contributed by atoms with van der Waals surface area (Å²) in [6.45, 7) is 1.02. The number of carbonyl (C=O) groups is 2. The van der Waals surface area contributed by atoms with Crippen molar-refractivity contribution < 1.29 is 19.8 Å². The summed E-state index contributed by atoms with van der Waals surface area (Å²) in [6, 6.07) is 14.3. The van der Waals surface area contributed by atoms with Gasteiger partial charge in [-0.2, -0.15) is 0 Å². The van der Waals surface area contributed by atoms with Crippen LogP contribution in [-0.2, 0) is 9.59 Å². The number of carboxylic acid groups (broad SMARTS) is 2. The molecule has 0 saturated carbocycles. The molecule has 1 aromatic carbocycles. The van der Waals surface area contributed by atoms with E-state index in [-0.39, 0.29) is 0 Å². The average Bonchev–Trinajstić information content (AvgIpc) is 2.61. The maximum atomic E-state index is 9.55. The molecular weight excluding hydrogens is 368 g/mol. The average molecular weight is 391 g/mol.